The van der Waals surface area contributed by atoms with Gasteiger partial charge in [0.1, 0.15) is 10.0 Å². The van der Waals surface area contributed by atoms with Crippen molar-refractivity contribution in [2.75, 3.05) is 7.05 Å². The second-order valence-electron chi connectivity index (χ2n) is 4.61. The summed E-state index contributed by atoms with van der Waals surface area (Å²) < 4.78 is 0. The van der Waals surface area contributed by atoms with Crippen molar-refractivity contribution in [1.29, 1.82) is 0 Å². The number of hydrogen-bond acceptors (Lipinski definition) is 5. The van der Waals surface area contributed by atoms with Gasteiger partial charge in [-0.25, -0.2) is 0 Å². The fourth-order valence-corrected chi connectivity index (χ4v) is 3.24. The lowest BCUT2D eigenvalue weighted by atomic mass is 10.1. The van der Waals surface area contributed by atoms with Crippen LogP contribution in [0.1, 0.15) is 24.4 Å². The maximum atomic E-state index is 4.33. The zero-order valence-corrected chi connectivity index (χ0v) is 12.3. The number of pyridine rings is 1. The quantitative estimate of drug-likeness (QED) is 0.797. The van der Waals surface area contributed by atoms with Crippen LogP contribution in [0.15, 0.2) is 36.5 Å². The van der Waals surface area contributed by atoms with E-state index in [2.05, 4.69) is 45.6 Å². The number of rotatable bonds is 4. The number of benzene rings is 1. The van der Waals surface area contributed by atoms with Crippen LogP contribution in [0.3, 0.4) is 0 Å². The third kappa shape index (κ3) is 2.42. The molecule has 5 heteroatoms. The molecule has 0 saturated carbocycles. The number of hydrogen-bond donors (Lipinski definition) is 1. The number of nitrogens with zero attached hydrogens (tertiary/aromatic N) is 3. The second-order valence-corrected chi connectivity index (χ2v) is 5.61. The number of aromatic nitrogens is 3. The van der Waals surface area contributed by atoms with Gasteiger partial charge in [0.05, 0.1) is 11.6 Å². The molecule has 0 spiro atoms. The van der Waals surface area contributed by atoms with Crippen LogP contribution in [-0.4, -0.2) is 22.2 Å². The van der Waals surface area contributed by atoms with E-state index < -0.39 is 0 Å². The molecule has 2 aromatic heterocycles. The first-order valence-corrected chi connectivity index (χ1v) is 7.49. The van der Waals surface area contributed by atoms with E-state index in [0.29, 0.717) is 0 Å². The molecule has 0 bridgehead atoms. The smallest absolute Gasteiger partial charge is 0.147 e. The van der Waals surface area contributed by atoms with Crippen molar-refractivity contribution >= 4 is 22.2 Å². The first kappa shape index (κ1) is 13.1. The van der Waals surface area contributed by atoms with Gasteiger partial charge >= 0.3 is 0 Å². The molecule has 1 aromatic carbocycles. The molecule has 4 nitrogen and oxygen atoms in total. The van der Waals surface area contributed by atoms with Crippen molar-refractivity contribution in [3.63, 3.8) is 0 Å². The molecule has 0 amide bonds. The summed E-state index contributed by atoms with van der Waals surface area (Å²) in [5.41, 5.74) is 2.10. The number of fused-ring (bicyclic) bond motifs is 1. The van der Waals surface area contributed by atoms with Crippen LogP contribution >= 0.6 is 11.3 Å². The van der Waals surface area contributed by atoms with E-state index in [1.807, 2.05) is 25.4 Å². The molecule has 1 unspecified atom stereocenters. The Hall–Kier alpha value is -1.85. The molecule has 0 radical (unpaired) electrons. The van der Waals surface area contributed by atoms with Gasteiger partial charge in [-0.15, -0.1) is 10.2 Å². The molecular formula is C15H16N4S. The summed E-state index contributed by atoms with van der Waals surface area (Å²) in [7, 11) is 1.96. The third-order valence-electron chi connectivity index (χ3n) is 3.35. The largest absolute Gasteiger partial charge is 0.311 e. The molecule has 20 heavy (non-hydrogen) atoms. The molecule has 0 saturated heterocycles. The summed E-state index contributed by atoms with van der Waals surface area (Å²) >= 11 is 1.65. The molecule has 1 atom stereocenters. The van der Waals surface area contributed by atoms with E-state index in [1.54, 1.807) is 11.3 Å². The lowest BCUT2D eigenvalue weighted by Crippen LogP contribution is -2.14. The van der Waals surface area contributed by atoms with Gasteiger partial charge in [-0.2, -0.15) is 0 Å². The van der Waals surface area contributed by atoms with Crippen LogP contribution in [0.5, 0.6) is 0 Å². The van der Waals surface area contributed by atoms with Crippen LogP contribution in [0, 0.1) is 0 Å². The minimum Gasteiger partial charge on any atom is -0.311 e. The molecular weight excluding hydrogens is 268 g/mol. The van der Waals surface area contributed by atoms with Crippen LogP contribution in [0.2, 0.25) is 0 Å². The van der Waals surface area contributed by atoms with Crippen molar-refractivity contribution in [3.8, 4) is 10.6 Å². The van der Waals surface area contributed by atoms with Crippen molar-refractivity contribution < 1.29 is 0 Å². The van der Waals surface area contributed by atoms with E-state index in [9.17, 15) is 0 Å². The lowest BCUT2D eigenvalue weighted by Gasteiger charge is -2.08. The molecule has 3 aromatic rings. The van der Waals surface area contributed by atoms with E-state index in [0.717, 1.165) is 32.9 Å². The third-order valence-corrected chi connectivity index (χ3v) is 4.43. The SMILES string of the molecule is CCC(NC)c1nnc(-c2ccc3ncccc3c2)s1. The average molecular weight is 284 g/mol. The highest BCUT2D eigenvalue weighted by molar-refractivity contribution is 7.14. The molecule has 0 fully saturated rings. The summed E-state index contributed by atoms with van der Waals surface area (Å²) in [6.07, 6.45) is 2.82. The summed E-state index contributed by atoms with van der Waals surface area (Å²) in [6.45, 7) is 2.14. The van der Waals surface area contributed by atoms with Gasteiger partial charge in [-0.05, 0) is 37.7 Å². The maximum Gasteiger partial charge on any atom is 0.147 e. The second kappa shape index (κ2) is 5.64. The fraction of sp³-hybridized carbons (Fsp3) is 0.267. The monoisotopic (exact) mass is 284 g/mol. The molecule has 2 heterocycles. The standard InChI is InChI=1S/C15H16N4S/c1-3-12(16-2)15-19-18-14(20-15)11-6-7-13-10(9-11)5-4-8-17-13/h4-9,12,16H,3H2,1-2H3. The van der Waals surface area contributed by atoms with E-state index in [-0.39, 0.29) is 6.04 Å². The highest BCUT2D eigenvalue weighted by Crippen LogP contribution is 2.29. The van der Waals surface area contributed by atoms with E-state index in [4.69, 9.17) is 0 Å². The Kier molecular flexibility index (Phi) is 3.71. The van der Waals surface area contributed by atoms with Gasteiger partial charge in [0, 0.05) is 17.1 Å². The van der Waals surface area contributed by atoms with Crippen molar-refractivity contribution in [1.82, 2.24) is 20.5 Å². The van der Waals surface area contributed by atoms with Crippen molar-refractivity contribution in [3.05, 3.63) is 41.5 Å². The van der Waals surface area contributed by atoms with Crippen LogP contribution in [-0.2, 0) is 0 Å². The Morgan fingerprint density at radius 1 is 1.25 bits per heavy atom. The van der Waals surface area contributed by atoms with Crippen molar-refractivity contribution in [2.45, 2.75) is 19.4 Å². The highest BCUT2D eigenvalue weighted by Gasteiger charge is 2.14. The maximum absolute atomic E-state index is 4.33. The van der Waals surface area contributed by atoms with Crippen molar-refractivity contribution in [2.24, 2.45) is 0 Å². The van der Waals surface area contributed by atoms with Crippen LogP contribution < -0.4 is 5.32 Å². The van der Waals surface area contributed by atoms with Gasteiger partial charge in [-0.1, -0.05) is 24.3 Å². The minimum atomic E-state index is 0.281. The molecule has 1 N–H and O–H groups in total. The summed E-state index contributed by atoms with van der Waals surface area (Å²) in [5.74, 6) is 0. The Morgan fingerprint density at radius 3 is 2.95 bits per heavy atom. The first-order valence-electron chi connectivity index (χ1n) is 6.67. The summed E-state index contributed by atoms with van der Waals surface area (Å²) in [4.78, 5) is 4.33. The first-order chi connectivity index (χ1) is 9.81. The topological polar surface area (TPSA) is 50.7 Å². The zero-order chi connectivity index (χ0) is 13.9. The Balaban J connectivity index is 1.98. The lowest BCUT2D eigenvalue weighted by molar-refractivity contribution is 0.568. The Bertz CT molecular complexity index is 718. The Labute approximate surface area is 121 Å². The van der Waals surface area contributed by atoms with E-state index >= 15 is 0 Å². The van der Waals surface area contributed by atoms with Gasteiger partial charge in [-0.3, -0.25) is 4.98 Å². The fourth-order valence-electron chi connectivity index (χ4n) is 2.20. The number of nitrogens with one attached hydrogen (secondary N) is 1. The normalized spacial score (nSPS) is 12.7. The molecule has 0 aliphatic rings. The van der Waals surface area contributed by atoms with Gasteiger partial charge in [0.2, 0.25) is 0 Å². The summed E-state index contributed by atoms with van der Waals surface area (Å²) in [5, 5.41) is 15.0. The predicted octanol–water partition coefficient (Wildman–Crippen LogP) is 3.42. The molecule has 102 valence electrons. The van der Waals surface area contributed by atoms with Crippen LogP contribution in [0.4, 0.5) is 0 Å². The minimum absolute atomic E-state index is 0.281. The molecule has 3 rings (SSSR count). The van der Waals surface area contributed by atoms with Gasteiger partial charge < -0.3 is 5.32 Å². The predicted molar refractivity (Wildman–Crippen MR) is 82.7 cm³/mol. The van der Waals surface area contributed by atoms with Gasteiger partial charge in [0.15, 0.2) is 0 Å². The molecule has 0 aliphatic carbocycles. The summed E-state index contributed by atoms with van der Waals surface area (Å²) in [6, 6.07) is 10.5. The zero-order valence-electron chi connectivity index (χ0n) is 11.5. The van der Waals surface area contributed by atoms with E-state index in [1.165, 1.54) is 0 Å². The Morgan fingerprint density at radius 2 is 2.15 bits per heavy atom. The highest BCUT2D eigenvalue weighted by atomic mass is 32.1. The average Bonchev–Trinajstić information content (AvgIpc) is 2.98. The molecule has 0 aliphatic heterocycles. The van der Waals surface area contributed by atoms with Crippen LogP contribution in [0.25, 0.3) is 21.5 Å². The van der Waals surface area contributed by atoms with Gasteiger partial charge in [0.25, 0.3) is 0 Å².